The van der Waals surface area contributed by atoms with Crippen LogP contribution in [0.4, 0.5) is 13.2 Å². The van der Waals surface area contributed by atoms with Crippen LogP contribution in [0, 0.1) is 11.3 Å². The summed E-state index contributed by atoms with van der Waals surface area (Å²) in [4.78, 5) is 15.3. The number of hydrogen-bond donors (Lipinski definition) is 1. The maximum absolute atomic E-state index is 13.7. The number of alkyl halides is 3. The summed E-state index contributed by atoms with van der Waals surface area (Å²) in [6.45, 7) is 5.88. The van der Waals surface area contributed by atoms with Gasteiger partial charge in [-0.15, -0.1) is 0 Å². The maximum Gasteiger partial charge on any atom is 0.416 e. The standard InChI is InChI=1S/C23H31F3N2O3/c1-15(2)22(8-5-19(12-22)27-18-6-9-30-10-7-18)21(29)28-13-16-11-17(23(24,25)26)3-4-20(16)31-14-28/h3-4,11,15,18-19,27H,5-10,12-14H2,1-2H3/t19-,22+/m0/s1. The number of hydrogen-bond acceptors (Lipinski definition) is 4. The fraction of sp³-hybridized carbons (Fsp3) is 0.696. The summed E-state index contributed by atoms with van der Waals surface area (Å²) in [7, 11) is 0. The van der Waals surface area contributed by atoms with Gasteiger partial charge < -0.3 is 19.7 Å². The molecule has 172 valence electrons. The molecule has 0 bridgehead atoms. The number of rotatable bonds is 4. The molecule has 8 heteroatoms. The Balaban J connectivity index is 1.48. The molecule has 3 aliphatic rings. The van der Waals surface area contributed by atoms with Crippen molar-refractivity contribution in [2.75, 3.05) is 19.9 Å². The second-order valence-corrected chi connectivity index (χ2v) is 9.40. The molecule has 1 aliphatic carbocycles. The molecule has 1 N–H and O–H groups in total. The SMILES string of the molecule is CC(C)[C@@]1(C(=O)N2COc3ccc(C(F)(F)F)cc3C2)CC[C@H](NC2CCOCC2)C1. The number of fused-ring (bicyclic) bond motifs is 1. The van der Waals surface area contributed by atoms with Gasteiger partial charge in [0.15, 0.2) is 6.73 Å². The first kappa shape index (κ1) is 22.4. The van der Waals surface area contributed by atoms with E-state index in [0.717, 1.165) is 57.5 Å². The molecule has 2 aliphatic heterocycles. The van der Waals surface area contributed by atoms with Crippen molar-refractivity contribution < 1.29 is 27.4 Å². The normalized spacial score (nSPS) is 27.3. The highest BCUT2D eigenvalue weighted by atomic mass is 19.4. The van der Waals surface area contributed by atoms with Gasteiger partial charge in [-0.2, -0.15) is 13.2 Å². The van der Waals surface area contributed by atoms with E-state index in [0.29, 0.717) is 17.4 Å². The Morgan fingerprint density at radius 1 is 1.19 bits per heavy atom. The number of halogens is 3. The van der Waals surface area contributed by atoms with Crippen LogP contribution in [-0.4, -0.2) is 42.8 Å². The van der Waals surface area contributed by atoms with Crippen molar-refractivity contribution in [3.8, 4) is 5.75 Å². The van der Waals surface area contributed by atoms with Crippen molar-refractivity contribution in [2.45, 2.75) is 70.8 Å². The highest BCUT2D eigenvalue weighted by Gasteiger charge is 2.50. The van der Waals surface area contributed by atoms with E-state index >= 15 is 0 Å². The van der Waals surface area contributed by atoms with Gasteiger partial charge in [0.25, 0.3) is 0 Å². The minimum absolute atomic E-state index is 0.0122. The molecule has 1 saturated carbocycles. The topological polar surface area (TPSA) is 50.8 Å². The van der Waals surface area contributed by atoms with E-state index in [2.05, 4.69) is 19.2 Å². The summed E-state index contributed by atoms with van der Waals surface area (Å²) in [6, 6.07) is 4.16. The summed E-state index contributed by atoms with van der Waals surface area (Å²) in [5.74, 6) is 0.535. The Morgan fingerprint density at radius 2 is 1.94 bits per heavy atom. The molecule has 2 heterocycles. The van der Waals surface area contributed by atoms with Gasteiger partial charge in [-0.1, -0.05) is 13.8 Å². The zero-order chi connectivity index (χ0) is 22.2. The molecular weight excluding hydrogens is 409 g/mol. The molecule has 5 nitrogen and oxygen atoms in total. The Hall–Kier alpha value is -1.80. The number of nitrogens with zero attached hydrogens (tertiary/aromatic N) is 1. The molecule has 1 saturated heterocycles. The lowest BCUT2D eigenvalue weighted by Gasteiger charge is -2.39. The van der Waals surface area contributed by atoms with Crippen LogP contribution < -0.4 is 10.1 Å². The van der Waals surface area contributed by atoms with Crippen molar-refractivity contribution in [3.05, 3.63) is 29.3 Å². The van der Waals surface area contributed by atoms with Crippen molar-refractivity contribution in [1.29, 1.82) is 0 Å². The maximum atomic E-state index is 13.7. The van der Waals surface area contributed by atoms with Crippen LogP contribution in [0.15, 0.2) is 18.2 Å². The minimum atomic E-state index is -4.42. The summed E-state index contributed by atoms with van der Waals surface area (Å²) >= 11 is 0. The van der Waals surface area contributed by atoms with Gasteiger partial charge in [0, 0.05) is 30.9 Å². The summed E-state index contributed by atoms with van der Waals surface area (Å²) < 4.78 is 50.5. The Kier molecular flexibility index (Phi) is 6.23. The molecule has 31 heavy (non-hydrogen) atoms. The molecule has 1 amide bonds. The van der Waals surface area contributed by atoms with Gasteiger partial charge in [0.2, 0.25) is 5.91 Å². The lowest BCUT2D eigenvalue weighted by Crippen LogP contribution is -2.49. The van der Waals surface area contributed by atoms with E-state index in [1.165, 1.54) is 6.07 Å². The summed E-state index contributed by atoms with van der Waals surface area (Å²) in [5, 5.41) is 3.72. The van der Waals surface area contributed by atoms with Gasteiger partial charge in [0.1, 0.15) is 5.75 Å². The van der Waals surface area contributed by atoms with E-state index in [1.54, 1.807) is 4.90 Å². The minimum Gasteiger partial charge on any atom is -0.473 e. The second kappa shape index (κ2) is 8.62. The van der Waals surface area contributed by atoms with Crippen molar-refractivity contribution in [3.63, 3.8) is 0 Å². The third-order valence-electron chi connectivity index (χ3n) is 7.19. The van der Waals surface area contributed by atoms with E-state index in [9.17, 15) is 18.0 Å². The quantitative estimate of drug-likeness (QED) is 0.757. The third-order valence-corrected chi connectivity index (χ3v) is 7.19. The Bertz CT molecular complexity index is 808. The molecule has 4 rings (SSSR count). The molecule has 1 aromatic rings. The number of amides is 1. The average molecular weight is 441 g/mol. The first-order valence-corrected chi connectivity index (χ1v) is 11.1. The fourth-order valence-electron chi connectivity index (χ4n) is 5.25. The first-order chi connectivity index (χ1) is 14.7. The van der Waals surface area contributed by atoms with Gasteiger partial charge in [0.05, 0.1) is 17.5 Å². The van der Waals surface area contributed by atoms with Crippen LogP contribution in [-0.2, 0) is 22.3 Å². The number of nitrogens with one attached hydrogen (secondary N) is 1. The number of carbonyl (C=O) groups excluding carboxylic acids is 1. The number of carbonyl (C=O) groups is 1. The monoisotopic (exact) mass is 440 g/mol. The van der Waals surface area contributed by atoms with Gasteiger partial charge >= 0.3 is 6.18 Å². The third kappa shape index (κ3) is 4.55. The molecule has 0 unspecified atom stereocenters. The number of benzene rings is 1. The summed E-state index contributed by atoms with van der Waals surface area (Å²) in [6.07, 6.45) is -0.0161. The Labute approximate surface area is 181 Å². The zero-order valence-corrected chi connectivity index (χ0v) is 18.1. The largest absolute Gasteiger partial charge is 0.473 e. The van der Waals surface area contributed by atoms with Crippen molar-refractivity contribution >= 4 is 5.91 Å². The van der Waals surface area contributed by atoms with Gasteiger partial charge in [-0.25, -0.2) is 0 Å². The van der Waals surface area contributed by atoms with Crippen LogP contribution in [0.5, 0.6) is 5.75 Å². The average Bonchev–Trinajstić information content (AvgIpc) is 3.17. The van der Waals surface area contributed by atoms with E-state index < -0.39 is 17.2 Å². The fourth-order valence-corrected chi connectivity index (χ4v) is 5.25. The molecule has 2 fully saturated rings. The van der Waals surface area contributed by atoms with Crippen LogP contribution in [0.1, 0.15) is 57.1 Å². The van der Waals surface area contributed by atoms with E-state index in [-0.39, 0.29) is 31.1 Å². The molecule has 0 aromatic heterocycles. The molecular formula is C23H31F3N2O3. The highest BCUT2D eigenvalue weighted by Crippen LogP contribution is 2.47. The van der Waals surface area contributed by atoms with Crippen LogP contribution in [0.3, 0.4) is 0 Å². The van der Waals surface area contributed by atoms with Crippen LogP contribution in [0.2, 0.25) is 0 Å². The van der Waals surface area contributed by atoms with Crippen LogP contribution in [0.25, 0.3) is 0 Å². The van der Waals surface area contributed by atoms with Gasteiger partial charge in [-0.05, 0) is 56.2 Å². The molecule has 1 aromatic carbocycles. The zero-order valence-electron chi connectivity index (χ0n) is 18.1. The second-order valence-electron chi connectivity index (χ2n) is 9.40. The lowest BCUT2D eigenvalue weighted by atomic mass is 9.74. The summed E-state index contributed by atoms with van der Waals surface area (Å²) in [5.41, 5.74) is -0.835. The number of ether oxygens (including phenoxy) is 2. The van der Waals surface area contributed by atoms with Crippen molar-refractivity contribution in [2.24, 2.45) is 11.3 Å². The predicted molar refractivity (Wildman–Crippen MR) is 109 cm³/mol. The van der Waals surface area contributed by atoms with Crippen molar-refractivity contribution in [1.82, 2.24) is 10.2 Å². The molecule has 2 atom stereocenters. The predicted octanol–water partition coefficient (Wildman–Crippen LogP) is 4.35. The van der Waals surface area contributed by atoms with E-state index in [1.807, 2.05) is 0 Å². The Morgan fingerprint density at radius 3 is 2.61 bits per heavy atom. The molecule has 0 spiro atoms. The van der Waals surface area contributed by atoms with Crippen LogP contribution >= 0.6 is 0 Å². The van der Waals surface area contributed by atoms with Gasteiger partial charge in [-0.3, -0.25) is 4.79 Å². The smallest absolute Gasteiger partial charge is 0.416 e. The highest BCUT2D eigenvalue weighted by molar-refractivity contribution is 5.83. The lowest BCUT2D eigenvalue weighted by molar-refractivity contribution is -0.149. The van der Waals surface area contributed by atoms with E-state index in [4.69, 9.17) is 9.47 Å². The first-order valence-electron chi connectivity index (χ1n) is 11.1. The molecule has 0 radical (unpaired) electrons.